The summed E-state index contributed by atoms with van der Waals surface area (Å²) in [6.45, 7) is 1.76. The topological polar surface area (TPSA) is 99.0 Å². The van der Waals surface area contributed by atoms with Crippen LogP contribution in [0.5, 0.6) is 11.6 Å². The number of sulfonamides is 1. The van der Waals surface area contributed by atoms with Crippen molar-refractivity contribution in [3.8, 4) is 17.4 Å². The lowest BCUT2D eigenvalue weighted by Gasteiger charge is -2.10. The number of anilines is 1. The Bertz CT molecular complexity index is 1280. The molecule has 1 N–H and O–H groups in total. The summed E-state index contributed by atoms with van der Waals surface area (Å²) < 4.78 is 34.8. The standard InChI is InChI=1S/C21H18ClN5O3S/c1-15-24-20(27-12-2-11-23-27)13-21(25-15)30-19-9-7-18(8-10-19)26-31(28,29)14-16-3-5-17(22)6-4-16/h2-13,26H,14H2,1H3. The second-order valence-corrected chi connectivity index (χ2v) is 8.84. The van der Waals surface area contributed by atoms with Crippen molar-refractivity contribution in [1.82, 2.24) is 19.7 Å². The van der Waals surface area contributed by atoms with Gasteiger partial charge in [0.25, 0.3) is 0 Å². The minimum Gasteiger partial charge on any atom is -0.439 e. The molecule has 0 spiro atoms. The number of rotatable bonds is 7. The van der Waals surface area contributed by atoms with Crippen LogP contribution in [-0.2, 0) is 15.8 Å². The Morgan fingerprint density at radius 1 is 1.06 bits per heavy atom. The highest BCUT2D eigenvalue weighted by atomic mass is 35.5. The van der Waals surface area contributed by atoms with Crippen LogP contribution in [0.3, 0.4) is 0 Å². The number of aromatic nitrogens is 4. The summed E-state index contributed by atoms with van der Waals surface area (Å²) >= 11 is 5.84. The maximum Gasteiger partial charge on any atom is 0.236 e. The van der Waals surface area contributed by atoms with Crippen molar-refractivity contribution < 1.29 is 13.2 Å². The molecule has 2 aromatic heterocycles. The summed E-state index contributed by atoms with van der Waals surface area (Å²) in [5, 5.41) is 4.71. The second-order valence-electron chi connectivity index (χ2n) is 6.68. The molecule has 0 radical (unpaired) electrons. The van der Waals surface area contributed by atoms with E-state index in [4.69, 9.17) is 16.3 Å². The van der Waals surface area contributed by atoms with Crippen LogP contribution in [0.15, 0.2) is 73.1 Å². The van der Waals surface area contributed by atoms with Crippen molar-refractivity contribution in [2.45, 2.75) is 12.7 Å². The summed E-state index contributed by atoms with van der Waals surface area (Å²) in [7, 11) is -3.57. The quantitative estimate of drug-likeness (QED) is 0.444. The van der Waals surface area contributed by atoms with E-state index < -0.39 is 10.0 Å². The van der Waals surface area contributed by atoms with Gasteiger partial charge in [-0.1, -0.05) is 23.7 Å². The molecule has 8 nitrogen and oxygen atoms in total. The minimum atomic E-state index is -3.57. The molecule has 0 saturated carbocycles. The number of aryl methyl sites for hydroxylation is 1. The van der Waals surface area contributed by atoms with E-state index in [0.717, 1.165) is 0 Å². The maximum atomic E-state index is 12.4. The molecular weight excluding hydrogens is 438 g/mol. The second kappa shape index (κ2) is 8.75. The molecule has 0 fully saturated rings. The molecule has 2 heterocycles. The molecular formula is C21H18ClN5O3S. The Morgan fingerprint density at radius 3 is 2.48 bits per heavy atom. The lowest BCUT2D eigenvalue weighted by atomic mass is 10.2. The van der Waals surface area contributed by atoms with Crippen LogP contribution in [0.2, 0.25) is 5.02 Å². The third kappa shape index (κ3) is 5.59. The Hall–Kier alpha value is -3.43. The van der Waals surface area contributed by atoms with Crippen LogP contribution in [-0.4, -0.2) is 28.2 Å². The van der Waals surface area contributed by atoms with Gasteiger partial charge in [0.1, 0.15) is 11.6 Å². The number of ether oxygens (including phenoxy) is 1. The monoisotopic (exact) mass is 455 g/mol. The van der Waals surface area contributed by atoms with Gasteiger partial charge in [0.15, 0.2) is 5.82 Å². The Labute approximate surface area is 184 Å². The van der Waals surface area contributed by atoms with Crippen molar-refractivity contribution in [2.75, 3.05) is 4.72 Å². The van der Waals surface area contributed by atoms with Crippen molar-refractivity contribution >= 4 is 27.3 Å². The van der Waals surface area contributed by atoms with Gasteiger partial charge in [0.2, 0.25) is 15.9 Å². The molecule has 0 amide bonds. The van der Waals surface area contributed by atoms with E-state index in [1.807, 2.05) is 0 Å². The number of hydrogen-bond acceptors (Lipinski definition) is 6. The number of nitrogens with one attached hydrogen (secondary N) is 1. The molecule has 0 aliphatic rings. The zero-order valence-corrected chi connectivity index (χ0v) is 18.0. The third-order valence-corrected chi connectivity index (χ3v) is 5.67. The third-order valence-electron chi connectivity index (χ3n) is 4.16. The maximum absolute atomic E-state index is 12.4. The molecule has 31 heavy (non-hydrogen) atoms. The molecule has 4 aromatic rings. The number of benzene rings is 2. The van der Waals surface area contributed by atoms with Gasteiger partial charge in [-0.2, -0.15) is 10.1 Å². The first-order valence-electron chi connectivity index (χ1n) is 9.25. The smallest absolute Gasteiger partial charge is 0.236 e. The highest BCUT2D eigenvalue weighted by molar-refractivity contribution is 7.91. The summed E-state index contributed by atoms with van der Waals surface area (Å²) in [6, 6.07) is 16.7. The molecule has 0 saturated heterocycles. The zero-order chi connectivity index (χ0) is 21.8. The first kappa shape index (κ1) is 20.8. The van der Waals surface area contributed by atoms with Crippen molar-refractivity contribution in [2.24, 2.45) is 0 Å². The molecule has 2 aromatic carbocycles. The van der Waals surface area contributed by atoms with Gasteiger partial charge in [0.05, 0.1) is 5.75 Å². The largest absolute Gasteiger partial charge is 0.439 e. The van der Waals surface area contributed by atoms with Crippen LogP contribution in [0, 0.1) is 6.92 Å². The first-order valence-corrected chi connectivity index (χ1v) is 11.3. The minimum absolute atomic E-state index is 0.154. The van der Waals surface area contributed by atoms with Gasteiger partial charge in [-0.05, 0) is 55.0 Å². The number of halogens is 1. The lowest BCUT2D eigenvalue weighted by Crippen LogP contribution is -2.14. The summed E-state index contributed by atoms with van der Waals surface area (Å²) in [5.41, 5.74) is 1.07. The van der Waals surface area contributed by atoms with Gasteiger partial charge in [-0.3, -0.25) is 4.72 Å². The van der Waals surface area contributed by atoms with Crippen molar-refractivity contribution in [3.63, 3.8) is 0 Å². The Morgan fingerprint density at radius 2 is 1.81 bits per heavy atom. The van der Waals surface area contributed by atoms with E-state index in [9.17, 15) is 8.42 Å². The van der Waals surface area contributed by atoms with E-state index >= 15 is 0 Å². The fourth-order valence-corrected chi connectivity index (χ4v) is 4.15. The molecule has 10 heteroatoms. The molecule has 0 aliphatic heterocycles. The van der Waals surface area contributed by atoms with E-state index in [2.05, 4.69) is 19.8 Å². The molecule has 0 aliphatic carbocycles. The first-order chi connectivity index (χ1) is 14.9. The van der Waals surface area contributed by atoms with Crippen LogP contribution in [0.1, 0.15) is 11.4 Å². The zero-order valence-electron chi connectivity index (χ0n) is 16.4. The SMILES string of the molecule is Cc1nc(Oc2ccc(NS(=O)(=O)Cc3ccc(Cl)cc3)cc2)cc(-n2cccn2)n1. The Balaban J connectivity index is 1.44. The highest BCUT2D eigenvalue weighted by Crippen LogP contribution is 2.24. The van der Waals surface area contributed by atoms with Crippen LogP contribution < -0.4 is 9.46 Å². The average Bonchev–Trinajstić information content (AvgIpc) is 3.25. The molecule has 0 atom stereocenters. The van der Waals surface area contributed by atoms with Crippen LogP contribution >= 0.6 is 11.6 Å². The predicted molar refractivity (Wildman–Crippen MR) is 118 cm³/mol. The van der Waals surface area contributed by atoms with Crippen LogP contribution in [0.25, 0.3) is 5.82 Å². The summed E-state index contributed by atoms with van der Waals surface area (Å²) in [5.74, 6) is 1.83. The molecule has 158 valence electrons. The van der Waals surface area contributed by atoms with E-state index in [-0.39, 0.29) is 5.75 Å². The molecule has 4 rings (SSSR count). The van der Waals surface area contributed by atoms with Crippen molar-refractivity contribution in [1.29, 1.82) is 0 Å². The van der Waals surface area contributed by atoms with E-state index in [1.165, 1.54) is 0 Å². The fourth-order valence-electron chi connectivity index (χ4n) is 2.83. The average molecular weight is 456 g/mol. The van der Waals surface area contributed by atoms with Gasteiger partial charge in [-0.25, -0.2) is 18.1 Å². The number of nitrogens with zero attached hydrogens (tertiary/aromatic N) is 4. The number of hydrogen-bond donors (Lipinski definition) is 1. The summed E-state index contributed by atoms with van der Waals surface area (Å²) in [6.07, 6.45) is 3.43. The van der Waals surface area contributed by atoms with Gasteiger partial charge in [-0.15, -0.1) is 0 Å². The van der Waals surface area contributed by atoms with E-state index in [0.29, 0.717) is 39.5 Å². The van der Waals surface area contributed by atoms with E-state index in [1.54, 1.807) is 84.7 Å². The van der Waals surface area contributed by atoms with Crippen LogP contribution in [0.4, 0.5) is 5.69 Å². The fraction of sp³-hybridized carbons (Fsp3) is 0.0952. The lowest BCUT2D eigenvalue weighted by molar-refractivity contribution is 0.459. The van der Waals surface area contributed by atoms with Gasteiger partial charge in [0, 0.05) is 29.2 Å². The normalized spacial score (nSPS) is 11.3. The van der Waals surface area contributed by atoms with Gasteiger partial charge < -0.3 is 4.74 Å². The Kier molecular flexibility index (Phi) is 5.88. The predicted octanol–water partition coefficient (Wildman–Crippen LogP) is 4.36. The highest BCUT2D eigenvalue weighted by Gasteiger charge is 2.12. The summed E-state index contributed by atoms with van der Waals surface area (Å²) in [4.78, 5) is 8.62. The molecule has 0 bridgehead atoms. The van der Waals surface area contributed by atoms with Gasteiger partial charge >= 0.3 is 0 Å². The van der Waals surface area contributed by atoms with Crippen molar-refractivity contribution in [3.05, 3.63) is 89.5 Å². The molecule has 0 unspecified atom stereocenters.